The molecule has 11 heteroatoms. The lowest BCUT2D eigenvalue weighted by molar-refractivity contribution is 0.277. The molecule has 0 spiro atoms. The van der Waals surface area contributed by atoms with Crippen molar-refractivity contribution in [2.45, 2.75) is 12.8 Å². The van der Waals surface area contributed by atoms with E-state index in [1.807, 2.05) is 30.3 Å². The lowest BCUT2D eigenvalue weighted by Gasteiger charge is -2.31. The fraction of sp³-hybridized carbons (Fsp3) is 0.240. The number of piperidine rings is 1. The number of pyridine rings is 1. The molecular weight excluding hydrogens is 503 g/mol. The number of hydrogen-bond donors (Lipinski definition) is 2. The predicted molar refractivity (Wildman–Crippen MR) is 139 cm³/mol. The van der Waals surface area contributed by atoms with Crippen molar-refractivity contribution in [3.63, 3.8) is 0 Å². The fourth-order valence-electron chi connectivity index (χ4n) is 4.26. The van der Waals surface area contributed by atoms with Crippen LogP contribution in [0.4, 0.5) is 10.2 Å². The van der Waals surface area contributed by atoms with Gasteiger partial charge in [-0.2, -0.15) is 4.31 Å². The summed E-state index contributed by atoms with van der Waals surface area (Å²) >= 11 is 6.08. The summed E-state index contributed by atoms with van der Waals surface area (Å²) in [4.78, 5) is 15.8. The summed E-state index contributed by atoms with van der Waals surface area (Å²) in [6.45, 7) is 1.19. The van der Waals surface area contributed by atoms with Crippen LogP contribution in [-0.2, 0) is 10.0 Å². The molecule has 0 radical (unpaired) electrons. The van der Waals surface area contributed by atoms with Crippen molar-refractivity contribution >= 4 is 44.6 Å². The van der Waals surface area contributed by atoms with Crippen molar-refractivity contribution in [2.75, 3.05) is 25.0 Å². The Bertz CT molecular complexity index is 1510. The van der Waals surface area contributed by atoms with Crippen LogP contribution in [0.25, 0.3) is 28.5 Å². The normalized spacial score (nSPS) is 17.1. The largest absolute Gasteiger partial charge is 0.367 e. The van der Waals surface area contributed by atoms with Crippen molar-refractivity contribution in [1.29, 1.82) is 0 Å². The lowest BCUT2D eigenvalue weighted by Crippen LogP contribution is -2.41. The summed E-state index contributed by atoms with van der Waals surface area (Å²) in [6.07, 6.45) is 7.51. The Balaban J connectivity index is 1.27. The van der Waals surface area contributed by atoms with Crippen LogP contribution in [0.3, 0.4) is 0 Å². The van der Waals surface area contributed by atoms with Crippen LogP contribution < -0.4 is 5.32 Å². The van der Waals surface area contributed by atoms with Crippen molar-refractivity contribution < 1.29 is 12.8 Å². The lowest BCUT2D eigenvalue weighted by atomic mass is 10.00. The Morgan fingerprint density at radius 3 is 2.89 bits per heavy atom. The number of aromatic nitrogens is 4. The highest BCUT2D eigenvalue weighted by Crippen LogP contribution is 2.28. The minimum absolute atomic E-state index is 0.00700. The van der Waals surface area contributed by atoms with Crippen LogP contribution in [0.2, 0.25) is 5.02 Å². The number of nitrogens with zero attached hydrogens (tertiary/aromatic N) is 4. The molecule has 8 nitrogen and oxygen atoms in total. The first kappa shape index (κ1) is 24.4. The van der Waals surface area contributed by atoms with Crippen LogP contribution in [0.15, 0.2) is 60.4 Å². The molecular formula is C25H24ClFN6O2S. The quantitative estimate of drug-likeness (QED) is 0.353. The van der Waals surface area contributed by atoms with Gasteiger partial charge in [-0.1, -0.05) is 41.9 Å². The molecule has 1 aliphatic heterocycles. The Labute approximate surface area is 213 Å². The first-order chi connectivity index (χ1) is 17.4. The third-order valence-electron chi connectivity index (χ3n) is 6.11. The summed E-state index contributed by atoms with van der Waals surface area (Å²) < 4.78 is 41.7. The highest BCUT2D eigenvalue weighted by atomic mass is 35.5. The third kappa shape index (κ3) is 5.40. The highest BCUT2D eigenvalue weighted by Gasteiger charge is 2.27. The van der Waals surface area contributed by atoms with Gasteiger partial charge in [0.15, 0.2) is 17.5 Å². The molecule has 1 aliphatic rings. The number of rotatable bonds is 7. The molecule has 0 bridgehead atoms. The van der Waals surface area contributed by atoms with E-state index >= 15 is 0 Å². The molecule has 1 atom stereocenters. The van der Waals surface area contributed by atoms with E-state index in [4.69, 9.17) is 11.6 Å². The molecule has 5 rings (SSSR count). The maximum Gasteiger partial charge on any atom is 0.236 e. The molecule has 0 saturated carbocycles. The van der Waals surface area contributed by atoms with Gasteiger partial charge in [-0.05, 0) is 36.5 Å². The van der Waals surface area contributed by atoms with E-state index in [0.29, 0.717) is 41.7 Å². The Morgan fingerprint density at radius 2 is 2.06 bits per heavy atom. The third-order valence-corrected chi connectivity index (χ3v) is 7.85. The molecule has 1 saturated heterocycles. The van der Waals surface area contributed by atoms with E-state index < -0.39 is 15.8 Å². The molecule has 4 aromatic rings. The topological polar surface area (TPSA) is 104 Å². The standard InChI is InChI=1S/C25H24ClFN6O2S/c26-19-11-20-21(14-30-23(20)29-13-19)24-31-15-22(27)25(32-24)28-12-18-7-4-9-33(16-18)36(34,35)10-8-17-5-2-1-3-6-17/h1-3,5-6,8,10-11,13-15,18H,4,7,9,12,16H2,(H,29,30)(H,28,31,32)/b10-8+/t18-/m1/s1. The van der Waals surface area contributed by atoms with E-state index in [9.17, 15) is 12.8 Å². The molecule has 4 heterocycles. The van der Waals surface area contributed by atoms with E-state index in [1.165, 1.54) is 15.9 Å². The van der Waals surface area contributed by atoms with Gasteiger partial charge >= 0.3 is 0 Å². The van der Waals surface area contributed by atoms with Gasteiger partial charge in [-0.15, -0.1) is 0 Å². The van der Waals surface area contributed by atoms with E-state index in [2.05, 4.69) is 25.3 Å². The molecule has 36 heavy (non-hydrogen) atoms. The molecule has 186 valence electrons. The van der Waals surface area contributed by atoms with Crippen LogP contribution >= 0.6 is 11.6 Å². The smallest absolute Gasteiger partial charge is 0.236 e. The molecule has 1 aromatic carbocycles. The Kier molecular flexibility index (Phi) is 6.99. The summed E-state index contributed by atoms with van der Waals surface area (Å²) in [5.41, 5.74) is 2.10. The van der Waals surface area contributed by atoms with Crippen LogP contribution in [0, 0.1) is 11.7 Å². The first-order valence-electron chi connectivity index (χ1n) is 11.5. The van der Waals surface area contributed by atoms with Gasteiger partial charge in [0, 0.05) is 48.4 Å². The number of hydrogen-bond acceptors (Lipinski definition) is 6. The summed E-state index contributed by atoms with van der Waals surface area (Å²) in [5.74, 6) is -0.185. The zero-order valence-electron chi connectivity index (χ0n) is 19.2. The molecule has 3 aromatic heterocycles. The summed E-state index contributed by atoms with van der Waals surface area (Å²) in [6, 6.07) is 11.0. The zero-order valence-corrected chi connectivity index (χ0v) is 20.8. The van der Waals surface area contributed by atoms with Gasteiger partial charge in [0.2, 0.25) is 10.0 Å². The molecule has 2 N–H and O–H groups in total. The maximum atomic E-state index is 14.5. The summed E-state index contributed by atoms with van der Waals surface area (Å²) in [5, 5.41) is 5.51. The van der Waals surface area contributed by atoms with Crippen LogP contribution in [0.5, 0.6) is 0 Å². The average molecular weight is 527 g/mol. The second-order valence-corrected chi connectivity index (χ2v) is 10.9. The van der Waals surface area contributed by atoms with Crippen molar-refractivity contribution in [3.05, 3.63) is 76.8 Å². The molecule has 1 fully saturated rings. The number of nitrogens with one attached hydrogen (secondary N) is 2. The zero-order chi connectivity index (χ0) is 25.1. The maximum absolute atomic E-state index is 14.5. The Morgan fingerprint density at radius 1 is 1.22 bits per heavy atom. The van der Waals surface area contributed by atoms with Gasteiger partial charge in [-0.3, -0.25) is 0 Å². The number of halogens is 2. The number of anilines is 1. The SMILES string of the molecule is O=S(=O)(/C=C/c1ccccc1)N1CCC[C@H](CNc2nc(-c3c[nH]c4ncc(Cl)cc34)ncc2F)C1. The number of H-pyrrole nitrogens is 1. The van der Waals surface area contributed by atoms with Crippen molar-refractivity contribution in [3.8, 4) is 11.4 Å². The number of benzene rings is 1. The number of aromatic amines is 1. The van der Waals surface area contributed by atoms with Gasteiger partial charge in [0.25, 0.3) is 0 Å². The van der Waals surface area contributed by atoms with E-state index in [1.54, 1.807) is 18.3 Å². The minimum Gasteiger partial charge on any atom is -0.367 e. The number of fused-ring (bicyclic) bond motifs is 1. The van der Waals surface area contributed by atoms with Gasteiger partial charge in [0.05, 0.1) is 11.2 Å². The molecule has 0 amide bonds. The van der Waals surface area contributed by atoms with Crippen LogP contribution in [0.1, 0.15) is 18.4 Å². The fourth-order valence-corrected chi connectivity index (χ4v) is 5.73. The summed E-state index contributed by atoms with van der Waals surface area (Å²) in [7, 11) is -3.56. The van der Waals surface area contributed by atoms with Crippen LogP contribution in [-0.4, -0.2) is 52.3 Å². The molecule has 0 aliphatic carbocycles. The van der Waals surface area contributed by atoms with Gasteiger partial charge in [-0.25, -0.2) is 27.8 Å². The monoisotopic (exact) mass is 526 g/mol. The van der Waals surface area contributed by atoms with Crippen molar-refractivity contribution in [2.24, 2.45) is 5.92 Å². The average Bonchev–Trinajstić information content (AvgIpc) is 3.31. The van der Waals surface area contributed by atoms with E-state index in [-0.39, 0.29) is 11.7 Å². The Hall–Kier alpha value is -3.34. The number of sulfonamides is 1. The van der Waals surface area contributed by atoms with Gasteiger partial charge in [0.1, 0.15) is 5.65 Å². The first-order valence-corrected chi connectivity index (χ1v) is 13.4. The van der Waals surface area contributed by atoms with Crippen molar-refractivity contribution in [1.82, 2.24) is 24.2 Å². The minimum atomic E-state index is -3.56. The van der Waals surface area contributed by atoms with E-state index in [0.717, 1.165) is 30.0 Å². The second-order valence-electron chi connectivity index (χ2n) is 8.65. The predicted octanol–water partition coefficient (Wildman–Crippen LogP) is 4.94. The highest BCUT2D eigenvalue weighted by molar-refractivity contribution is 7.92. The second kappa shape index (κ2) is 10.3. The molecule has 0 unspecified atom stereocenters. The van der Waals surface area contributed by atoms with Gasteiger partial charge < -0.3 is 10.3 Å².